The van der Waals surface area contributed by atoms with E-state index in [0.29, 0.717) is 6.54 Å². The average Bonchev–Trinajstić information content (AvgIpc) is 2.48. The lowest BCUT2D eigenvalue weighted by Gasteiger charge is -2.44. The zero-order valence-corrected chi connectivity index (χ0v) is 12.7. The molecule has 2 rings (SSSR count). The fraction of sp³-hybridized carbons (Fsp3) is 0.529. The Morgan fingerprint density at radius 3 is 2.67 bits per heavy atom. The second-order valence-corrected chi connectivity index (χ2v) is 5.84. The second kappa shape index (κ2) is 6.73. The molecule has 21 heavy (non-hydrogen) atoms. The molecule has 4 nitrogen and oxygen atoms in total. The molecule has 1 aromatic rings. The molecule has 0 saturated heterocycles. The summed E-state index contributed by atoms with van der Waals surface area (Å²) in [6.07, 6.45) is 2.46. The Balaban J connectivity index is 1.88. The first-order chi connectivity index (χ1) is 10.1. The third kappa shape index (κ3) is 3.43. The van der Waals surface area contributed by atoms with Crippen molar-refractivity contribution in [3.8, 4) is 6.07 Å². The van der Waals surface area contributed by atoms with Gasteiger partial charge in [-0.15, -0.1) is 0 Å². The summed E-state index contributed by atoms with van der Waals surface area (Å²) >= 11 is 0. The summed E-state index contributed by atoms with van der Waals surface area (Å²) in [7, 11) is 0. The fourth-order valence-corrected chi connectivity index (χ4v) is 2.88. The highest BCUT2D eigenvalue weighted by Crippen LogP contribution is 2.43. The zero-order chi connectivity index (χ0) is 15.3. The summed E-state index contributed by atoms with van der Waals surface area (Å²) in [6.45, 7) is 4.62. The molecule has 1 aromatic carbocycles. The molecule has 4 heteroatoms. The molecule has 0 bridgehead atoms. The van der Waals surface area contributed by atoms with E-state index in [1.165, 1.54) is 0 Å². The van der Waals surface area contributed by atoms with Gasteiger partial charge in [0, 0.05) is 12.6 Å². The van der Waals surface area contributed by atoms with Crippen LogP contribution in [0, 0.1) is 11.3 Å². The highest BCUT2D eigenvalue weighted by molar-refractivity contribution is 5.81. The largest absolute Gasteiger partial charge is 0.355 e. The van der Waals surface area contributed by atoms with Gasteiger partial charge in [-0.2, -0.15) is 5.26 Å². The van der Waals surface area contributed by atoms with Crippen LogP contribution in [0.25, 0.3) is 0 Å². The van der Waals surface area contributed by atoms with E-state index < -0.39 is 5.41 Å². The predicted molar refractivity (Wildman–Crippen MR) is 82.7 cm³/mol. The first-order valence-corrected chi connectivity index (χ1v) is 7.62. The van der Waals surface area contributed by atoms with E-state index in [4.69, 9.17) is 0 Å². The number of nitrogens with one attached hydrogen (secondary N) is 2. The normalized spacial score (nSPS) is 25.5. The summed E-state index contributed by atoms with van der Waals surface area (Å²) < 4.78 is 0. The van der Waals surface area contributed by atoms with Crippen molar-refractivity contribution in [1.29, 1.82) is 5.26 Å². The second-order valence-electron chi connectivity index (χ2n) is 5.84. The number of rotatable bonds is 6. The molecule has 1 amide bonds. The summed E-state index contributed by atoms with van der Waals surface area (Å²) in [4.78, 5) is 11.8. The maximum Gasteiger partial charge on any atom is 0.236 e. The van der Waals surface area contributed by atoms with Gasteiger partial charge >= 0.3 is 0 Å². The zero-order valence-electron chi connectivity index (χ0n) is 12.7. The van der Waals surface area contributed by atoms with Gasteiger partial charge in [-0.05, 0) is 31.7 Å². The van der Waals surface area contributed by atoms with Crippen molar-refractivity contribution in [2.24, 2.45) is 0 Å². The van der Waals surface area contributed by atoms with E-state index in [1.807, 2.05) is 44.2 Å². The van der Waals surface area contributed by atoms with E-state index in [1.54, 1.807) is 0 Å². The van der Waals surface area contributed by atoms with Crippen LogP contribution < -0.4 is 10.6 Å². The molecule has 1 aliphatic rings. The Hall–Kier alpha value is -1.86. The minimum absolute atomic E-state index is 0.0334. The van der Waals surface area contributed by atoms with Crippen LogP contribution in [-0.4, -0.2) is 24.5 Å². The Morgan fingerprint density at radius 2 is 2.10 bits per heavy atom. The number of nitrogens with zero attached hydrogens (tertiary/aromatic N) is 1. The predicted octanol–water partition coefficient (Wildman–Crippen LogP) is 2.11. The van der Waals surface area contributed by atoms with Gasteiger partial charge in [-0.3, -0.25) is 4.79 Å². The van der Waals surface area contributed by atoms with Gasteiger partial charge < -0.3 is 10.6 Å². The monoisotopic (exact) mass is 285 g/mol. The van der Waals surface area contributed by atoms with Crippen molar-refractivity contribution < 1.29 is 4.79 Å². The molecular formula is C17H23N3O. The van der Waals surface area contributed by atoms with Gasteiger partial charge in [0.1, 0.15) is 0 Å². The van der Waals surface area contributed by atoms with Crippen molar-refractivity contribution >= 4 is 5.91 Å². The van der Waals surface area contributed by atoms with Crippen LogP contribution in [-0.2, 0) is 10.2 Å². The molecule has 1 atom stereocenters. The summed E-state index contributed by atoms with van der Waals surface area (Å²) in [6, 6.07) is 12.4. The number of carbonyl (C=O) groups is 1. The van der Waals surface area contributed by atoms with Crippen molar-refractivity contribution in [3.05, 3.63) is 35.9 Å². The molecule has 0 aliphatic heterocycles. The van der Waals surface area contributed by atoms with Crippen molar-refractivity contribution in [3.63, 3.8) is 0 Å². The summed E-state index contributed by atoms with van der Waals surface area (Å²) in [5.41, 5.74) is 0.687. The van der Waals surface area contributed by atoms with Crippen LogP contribution in [0.3, 0.4) is 0 Å². The molecule has 0 heterocycles. The van der Waals surface area contributed by atoms with E-state index in [-0.39, 0.29) is 18.0 Å². The maximum absolute atomic E-state index is 11.8. The van der Waals surface area contributed by atoms with Gasteiger partial charge in [-0.1, -0.05) is 37.3 Å². The van der Waals surface area contributed by atoms with E-state index >= 15 is 0 Å². The number of hydrogen-bond donors (Lipinski definition) is 2. The number of benzene rings is 1. The van der Waals surface area contributed by atoms with Gasteiger partial charge in [0.2, 0.25) is 5.91 Å². The first kappa shape index (κ1) is 15.5. The Bertz CT molecular complexity index is 515. The molecule has 0 aromatic heterocycles. The lowest BCUT2D eigenvalue weighted by atomic mass is 9.62. The molecule has 1 fully saturated rings. The van der Waals surface area contributed by atoms with Crippen molar-refractivity contribution in [1.82, 2.24) is 10.6 Å². The van der Waals surface area contributed by atoms with Crippen molar-refractivity contribution in [2.75, 3.05) is 6.54 Å². The van der Waals surface area contributed by atoms with E-state index in [9.17, 15) is 10.1 Å². The minimum atomic E-state index is -0.390. The number of nitriles is 1. The highest BCUT2D eigenvalue weighted by atomic mass is 16.2. The molecule has 1 aliphatic carbocycles. The Morgan fingerprint density at radius 1 is 1.43 bits per heavy atom. The topological polar surface area (TPSA) is 64.9 Å². The SMILES string of the molecule is CCCNC(=O)C(C)NC1CC(C#N)(c2ccccc2)C1. The van der Waals surface area contributed by atoms with Crippen LogP contribution in [0.1, 0.15) is 38.7 Å². The fourth-order valence-electron chi connectivity index (χ4n) is 2.88. The average molecular weight is 285 g/mol. The van der Waals surface area contributed by atoms with E-state index in [0.717, 1.165) is 24.8 Å². The molecule has 2 N–H and O–H groups in total. The van der Waals surface area contributed by atoms with Crippen LogP contribution in [0.15, 0.2) is 30.3 Å². The third-order valence-electron chi connectivity index (χ3n) is 4.16. The number of amides is 1. The lowest BCUT2D eigenvalue weighted by Crippen LogP contribution is -2.56. The first-order valence-electron chi connectivity index (χ1n) is 7.62. The molecule has 112 valence electrons. The third-order valence-corrected chi connectivity index (χ3v) is 4.16. The lowest BCUT2D eigenvalue weighted by molar-refractivity contribution is -0.123. The van der Waals surface area contributed by atoms with Crippen molar-refractivity contribution in [2.45, 2.75) is 50.6 Å². The standard InChI is InChI=1S/C17H23N3O/c1-3-9-19-16(21)13(2)20-15-10-17(11-15,12-18)14-7-5-4-6-8-14/h4-8,13,15,20H,3,9-11H2,1-2H3,(H,19,21). The molecular weight excluding hydrogens is 262 g/mol. The Labute approximate surface area is 126 Å². The quantitative estimate of drug-likeness (QED) is 0.841. The van der Waals surface area contributed by atoms with Crippen LogP contribution in [0.4, 0.5) is 0 Å². The van der Waals surface area contributed by atoms with E-state index in [2.05, 4.69) is 16.7 Å². The van der Waals surface area contributed by atoms with Crippen LogP contribution in [0.5, 0.6) is 0 Å². The maximum atomic E-state index is 11.8. The number of carbonyl (C=O) groups excluding carboxylic acids is 1. The Kier molecular flexibility index (Phi) is 4.98. The highest BCUT2D eigenvalue weighted by Gasteiger charge is 2.46. The molecule has 0 spiro atoms. The van der Waals surface area contributed by atoms with Gasteiger partial charge in [0.25, 0.3) is 0 Å². The van der Waals surface area contributed by atoms with Gasteiger partial charge in [-0.25, -0.2) is 0 Å². The molecule has 1 unspecified atom stereocenters. The minimum Gasteiger partial charge on any atom is -0.355 e. The van der Waals surface area contributed by atoms with Crippen LogP contribution >= 0.6 is 0 Å². The molecule has 1 saturated carbocycles. The summed E-state index contributed by atoms with van der Waals surface area (Å²) in [5, 5.41) is 15.7. The summed E-state index contributed by atoms with van der Waals surface area (Å²) in [5.74, 6) is 0.0334. The van der Waals surface area contributed by atoms with Gasteiger partial charge in [0.05, 0.1) is 17.5 Å². The smallest absolute Gasteiger partial charge is 0.236 e. The van der Waals surface area contributed by atoms with Crippen LogP contribution in [0.2, 0.25) is 0 Å². The number of hydrogen-bond acceptors (Lipinski definition) is 3. The molecule has 0 radical (unpaired) electrons. The van der Waals surface area contributed by atoms with Gasteiger partial charge in [0.15, 0.2) is 0 Å².